The van der Waals surface area contributed by atoms with E-state index in [-0.39, 0.29) is 11.9 Å². The zero-order chi connectivity index (χ0) is 22.5. The number of fused-ring (bicyclic) bond motifs is 1. The molecule has 1 amide bonds. The summed E-state index contributed by atoms with van der Waals surface area (Å²) in [5.41, 5.74) is 4.49. The first-order valence-electron chi connectivity index (χ1n) is 11.1. The van der Waals surface area contributed by atoms with E-state index in [9.17, 15) is 9.59 Å². The molecule has 1 aromatic heterocycles. The van der Waals surface area contributed by atoms with E-state index in [1.165, 1.54) is 16.9 Å². The minimum Gasteiger partial charge on any atom is -0.462 e. The molecule has 5 nitrogen and oxygen atoms in total. The molecule has 0 bridgehead atoms. The molecule has 3 aromatic rings. The van der Waals surface area contributed by atoms with Crippen molar-refractivity contribution in [3.8, 4) is 0 Å². The summed E-state index contributed by atoms with van der Waals surface area (Å²) in [5, 5.41) is 3.57. The van der Waals surface area contributed by atoms with E-state index in [2.05, 4.69) is 29.3 Å². The Morgan fingerprint density at radius 2 is 1.75 bits per heavy atom. The average molecular weight is 449 g/mol. The highest BCUT2D eigenvalue weighted by atomic mass is 32.1. The molecular weight excluding hydrogens is 420 g/mol. The molecule has 2 heterocycles. The maximum atomic E-state index is 13.0. The van der Waals surface area contributed by atoms with Gasteiger partial charge >= 0.3 is 5.97 Å². The first kappa shape index (κ1) is 22.2. The van der Waals surface area contributed by atoms with Crippen LogP contribution in [0.3, 0.4) is 0 Å². The fourth-order valence-electron chi connectivity index (χ4n) is 4.01. The summed E-state index contributed by atoms with van der Waals surface area (Å²) in [4.78, 5) is 29.2. The number of nitrogens with one attached hydrogen (secondary N) is 1. The maximum absolute atomic E-state index is 13.0. The number of likely N-dealkylation sites (N-methyl/N-ethyl adjacent to an activating group) is 1. The van der Waals surface area contributed by atoms with Gasteiger partial charge in [0.25, 0.3) is 5.91 Å². The number of thiophene rings is 1. The second-order valence-electron chi connectivity index (χ2n) is 7.86. The Morgan fingerprint density at radius 1 is 1.03 bits per heavy atom. The summed E-state index contributed by atoms with van der Waals surface area (Å²) in [6, 6.07) is 17.9. The van der Waals surface area contributed by atoms with Gasteiger partial charge in [0.1, 0.15) is 5.00 Å². The van der Waals surface area contributed by atoms with Gasteiger partial charge in [0.15, 0.2) is 0 Å². The Labute approximate surface area is 193 Å². The number of carbonyl (C=O) groups excluding carboxylic acids is 2. The van der Waals surface area contributed by atoms with Crippen molar-refractivity contribution < 1.29 is 14.3 Å². The van der Waals surface area contributed by atoms with Gasteiger partial charge in [0.2, 0.25) is 0 Å². The molecule has 0 unspecified atom stereocenters. The monoisotopic (exact) mass is 448 g/mol. The molecule has 0 radical (unpaired) electrons. The highest BCUT2D eigenvalue weighted by molar-refractivity contribution is 7.17. The molecule has 166 valence electrons. The highest BCUT2D eigenvalue weighted by Gasteiger charge is 2.29. The van der Waals surface area contributed by atoms with E-state index in [0.29, 0.717) is 22.7 Å². The Hall–Kier alpha value is -2.96. The molecule has 2 aromatic carbocycles. The van der Waals surface area contributed by atoms with Crippen molar-refractivity contribution in [3.63, 3.8) is 0 Å². The van der Waals surface area contributed by atoms with Crippen LogP contribution >= 0.6 is 11.3 Å². The molecule has 0 fully saturated rings. The molecular formula is C26H28N2O3S. The zero-order valence-electron chi connectivity index (χ0n) is 18.5. The number of carbonyl (C=O) groups is 2. The van der Waals surface area contributed by atoms with Crippen molar-refractivity contribution in [2.75, 3.05) is 25.0 Å². The van der Waals surface area contributed by atoms with Gasteiger partial charge in [-0.15, -0.1) is 11.3 Å². The number of esters is 1. The molecule has 6 heteroatoms. The first-order chi connectivity index (χ1) is 15.6. The van der Waals surface area contributed by atoms with E-state index in [1.807, 2.05) is 42.5 Å². The Balaban J connectivity index is 1.53. The number of hydrogen-bond donors (Lipinski definition) is 1. The second-order valence-corrected chi connectivity index (χ2v) is 8.97. The Bertz CT molecular complexity index is 1090. The molecule has 4 rings (SSSR count). The highest BCUT2D eigenvalue weighted by Crippen LogP contribution is 2.38. The van der Waals surface area contributed by atoms with E-state index in [4.69, 9.17) is 4.74 Å². The molecule has 1 aliphatic rings. The third kappa shape index (κ3) is 4.92. The fraction of sp³-hybridized carbons (Fsp3) is 0.308. The topological polar surface area (TPSA) is 58.6 Å². The molecule has 0 spiro atoms. The summed E-state index contributed by atoms with van der Waals surface area (Å²) in [6.07, 6.45) is 1.61. The molecule has 0 atom stereocenters. The Morgan fingerprint density at radius 3 is 2.44 bits per heavy atom. The van der Waals surface area contributed by atoms with Crippen molar-refractivity contribution in [2.24, 2.45) is 0 Å². The number of rotatable bonds is 7. The van der Waals surface area contributed by atoms with Gasteiger partial charge < -0.3 is 10.1 Å². The standard InChI is InChI=1S/C26H28N2O3S/c1-3-28-15-14-21-22(17-28)32-25(23(21)26(30)31-4-2)27-24(29)20-12-10-19(11-13-20)16-18-8-6-5-7-9-18/h5-13H,3-4,14-17H2,1-2H3,(H,27,29). The zero-order valence-corrected chi connectivity index (χ0v) is 19.3. The molecule has 1 aliphatic heterocycles. The fourth-order valence-corrected chi connectivity index (χ4v) is 5.29. The van der Waals surface area contributed by atoms with Gasteiger partial charge in [-0.05, 0) is 55.1 Å². The van der Waals surface area contributed by atoms with Crippen LogP contribution in [0.1, 0.15) is 56.1 Å². The van der Waals surface area contributed by atoms with Crippen LogP contribution in [0.15, 0.2) is 54.6 Å². The van der Waals surface area contributed by atoms with Gasteiger partial charge in [-0.2, -0.15) is 0 Å². The van der Waals surface area contributed by atoms with Crippen LogP contribution in [0.5, 0.6) is 0 Å². The van der Waals surface area contributed by atoms with Crippen molar-refractivity contribution in [1.82, 2.24) is 4.90 Å². The SMILES string of the molecule is CCOC(=O)c1c(NC(=O)c2ccc(Cc3ccccc3)cc2)sc2c1CCN(CC)C2. The van der Waals surface area contributed by atoms with Crippen LogP contribution < -0.4 is 5.32 Å². The lowest BCUT2D eigenvalue weighted by atomic mass is 10.0. The van der Waals surface area contributed by atoms with Crippen LogP contribution in [0.25, 0.3) is 0 Å². The summed E-state index contributed by atoms with van der Waals surface area (Å²) in [6.45, 7) is 6.90. The largest absolute Gasteiger partial charge is 0.462 e. The van der Waals surface area contributed by atoms with Crippen molar-refractivity contribution in [2.45, 2.75) is 33.2 Å². The van der Waals surface area contributed by atoms with Gasteiger partial charge in [0, 0.05) is 23.5 Å². The van der Waals surface area contributed by atoms with Crippen molar-refractivity contribution in [3.05, 3.63) is 87.3 Å². The van der Waals surface area contributed by atoms with Crippen molar-refractivity contribution >= 4 is 28.2 Å². The summed E-state index contributed by atoms with van der Waals surface area (Å²) in [7, 11) is 0. The quantitative estimate of drug-likeness (QED) is 0.508. The smallest absolute Gasteiger partial charge is 0.341 e. The van der Waals surface area contributed by atoms with E-state index < -0.39 is 0 Å². The van der Waals surface area contributed by atoms with Crippen LogP contribution in [0, 0.1) is 0 Å². The lowest BCUT2D eigenvalue weighted by molar-refractivity contribution is 0.0526. The van der Waals surface area contributed by atoms with E-state index in [1.54, 1.807) is 6.92 Å². The van der Waals surface area contributed by atoms with Gasteiger partial charge in [-0.25, -0.2) is 4.79 Å². The lowest BCUT2D eigenvalue weighted by Gasteiger charge is -2.25. The van der Waals surface area contributed by atoms with Crippen molar-refractivity contribution in [1.29, 1.82) is 0 Å². The number of benzene rings is 2. The number of ether oxygens (including phenoxy) is 1. The minimum atomic E-state index is -0.358. The molecule has 0 saturated heterocycles. The van der Waals surface area contributed by atoms with Crippen LogP contribution in [-0.2, 0) is 24.1 Å². The third-order valence-electron chi connectivity index (χ3n) is 5.76. The van der Waals surface area contributed by atoms with E-state index >= 15 is 0 Å². The molecule has 32 heavy (non-hydrogen) atoms. The Kier molecular flexibility index (Phi) is 7.02. The van der Waals surface area contributed by atoms with Gasteiger partial charge in [-0.3, -0.25) is 9.69 Å². The molecule has 0 aliphatic carbocycles. The summed E-state index contributed by atoms with van der Waals surface area (Å²) in [5.74, 6) is -0.573. The number of amides is 1. The lowest BCUT2D eigenvalue weighted by Crippen LogP contribution is -2.30. The normalized spacial score (nSPS) is 13.4. The number of hydrogen-bond acceptors (Lipinski definition) is 5. The van der Waals surface area contributed by atoms with Gasteiger partial charge in [-0.1, -0.05) is 49.4 Å². The van der Waals surface area contributed by atoms with Crippen LogP contribution in [-0.4, -0.2) is 36.5 Å². The maximum Gasteiger partial charge on any atom is 0.341 e. The minimum absolute atomic E-state index is 0.215. The first-order valence-corrected chi connectivity index (χ1v) is 11.9. The van der Waals surface area contributed by atoms with Gasteiger partial charge in [0.05, 0.1) is 12.2 Å². The van der Waals surface area contributed by atoms with E-state index in [0.717, 1.165) is 48.5 Å². The molecule has 1 N–H and O–H groups in total. The summed E-state index contributed by atoms with van der Waals surface area (Å²) >= 11 is 1.49. The predicted octanol–water partition coefficient (Wildman–Crippen LogP) is 5.15. The van der Waals surface area contributed by atoms with Crippen LogP contribution in [0.2, 0.25) is 0 Å². The number of anilines is 1. The number of nitrogens with zero attached hydrogens (tertiary/aromatic N) is 1. The second kappa shape index (κ2) is 10.1. The predicted molar refractivity (Wildman–Crippen MR) is 129 cm³/mol. The third-order valence-corrected chi connectivity index (χ3v) is 6.89. The summed E-state index contributed by atoms with van der Waals surface area (Å²) < 4.78 is 5.31. The van der Waals surface area contributed by atoms with Crippen LogP contribution in [0.4, 0.5) is 5.00 Å². The molecule has 0 saturated carbocycles. The average Bonchev–Trinajstić information content (AvgIpc) is 3.17.